The zero-order valence-electron chi connectivity index (χ0n) is 12.2. The molecule has 2 aromatic carbocycles. The SMILES string of the molecule is N#CCC(=O)N/N=C/c1ccc(OCc2ccccc2Cl)cc1. The summed E-state index contributed by atoms with van der Waals surface area (Å²) in [5, 5.41) is 12.8. The Bertz CT molecular complexity index is 736. The number of nitriles is 1. The van der Waals surface area contributed by atoms with Crippen LogP contribution < -0.4 is 10.2 Å². The quantitative estimate of drug-likeness (QED) is 0.653. The molecule has 1 N–H and O–H groups in total. The first-order valence-electron chi connectivity index (χ1n) is 6.84. The molecule has 0 aromatic heterocycles. The van der Waals surface area contributed by atoms with Gasteiger partial charge in [-0.3, -0.25) is 4.79 Å². The van der Waals surface area contributed by atoms with Gasteiger partial charge in [0.2, 0.25) is 0 Å². The molecular weight excluding hydrogens is 314 g/mol. The zero-order chi connectivity index (χ0) is 16.5. The van der Waals surface area contributed by atoms with Crippen molar-refractivity contribution in [2.45, 2.75) is 13.0 Å². The zero-order valence-corrected chi connectivity index (χ0v) is 13.0. The number of carbonyl (C=O) groups is 1. The lowest BCUT2D eigenvalue weighted by Crippen LogP contribution is -2.16. The number of amides is 1. The van der Waals surface area contributed by atoms with E-state index in [1.165, 1.54) is 6.21 Å². The van der Waals surface area contributed by atoms with E-state index in [9.17, 15) is 4.79 Å². The van der Waals surface area contributed by atoms with E-state index >= 15 is 0 Å². The van der Waals surface area contributed by atoms with E-state index in [2.05, 4.69) is 10.5 Å². The molecule has 1 amide bonds. The van der Waals surface area contributed by atoms with E-state index in [0.717, 1.165) is 11.1 Å². The predicted molar refractivity (Wildman–Crippen MR) is 88.2 cm³/mol. The second-order valence-electron chi connectivity index (χ2n) is 4.58. The van der Waals surface area contributed by atoms with Crippen LogP contribution in [0.5, 0.6) is 5.75 Å². The minimum Gasteiger partial charge on any atom is -0.489 e. The number of hydrogen-bond acceptors (Lipinski definition) is 4. The molecule has 0 spiro atoms. The van der Waals surface area contributed by atoms with Gasteiger partial charge in [0.25, 0.3) is 5.91 Å². The maximum atomic E-state index is 11.1. The molecule has 0 aliphatic rings. The van der Waals surface area contributed by atoms with Crippen LogP contribution in [-0.4, -0.2) is 12.1 Å². The van der Waals surface area contributed by atoms with E-state index in [4.69, 9.17) is 21.6 Å². The summed E-state index contributed by atoms with van der Waals surface area (Å²) >= 11 is 6.07. The fourth-order valence-electron chi connectivity index (χ4n) is 1.72. The Labute approximate surface area is 139 Å². The molecule has 0 aliphatic heterocycles. The Balaban J connectivity index is 1.87. The van der Waals surface area contributed by atoms with E-state index in [1.54, 1.807) is 18.2 Å². The minimum atomic E-state index is -0.441. The number of nitrogens with zero attached hydrogens (tertiary/aromatic N) is 2. The highest BCUT2D eigenvalue weighted by Gasteiger charge is 2.00. The number of carbonyl (C=O) groups excluding carboxylic acids is 1. The molecule has 2 rings (SSSR count). The van der Waals surface area contributed by atoms with Crippen molar-refractivity contribution in [1.82, 2.24) is 5.43 Å². The summed E-state index contributed by atoms with van der Waals surface area (Å²) in [4.78, 5) is 11.1. The molecule has 23 heavy (non-hydrogen) atoms. The average molecular weight is 328 g/mol. The van der Waals surface area contributed by atoms with Crippen LogP contribution in [-0.2, 0) is 11.4 Å². The van der Waals surface area contributed by atoms with E-state index in [1.807, 2.05) is 36.4 Å². The largest absolute Gasteiger partial charge is 0.489 e. The fraction of sp³-hybridized carbons (Fsp3) is 0.118. The molecule has 116 valence electrons. The Hall–Kier alpha value is -2.84. The van der Waals surface area contributed by atoms with Crippen molar-refractivity contribution in [3.8, 4) is 11.8 Å². The lowest BCUT2D eigenvalue weighted by atomic mass is 10.2. The first kappa shape index (κ1) is 16.5. The highest BCUT2D eigenvalue weighted by molar-refractivity contribution is 6.31. The second-order valence-corrected chi connectivity index (χ2v) is 4.98. The second kappa shape index (κ2) is 8.57. The normalized spacial score (nSPS) is 10.3. The smallest absolute Gasteiger partial charge is 0.254 e. The summed E-state index contributed by atoms with van der Waals surface area (Å²) in [5.74, 6) is 0.263. The molecule has 0 aliphatic carbocycles. The van der Waals surface area contributed by atoms with Crippen molar-refractivity contribution in [1.29, 1.82) is 5.26 Å². The van der Waals surface area contributed by atoms with Crippen LogP contribution in [0.2, 0.25) is 5.02 Å². The van der Waals surface area contributed by atoms with Crippen molar-refractivity contribution < 1.29 is 9.53 Å². The lowest BCUT2D eigenvalue weighted by Gasteiger charge is -2.07. The number of nitrogens with one attached hydrogen (secondary N) is 1. The molecule has 5 nitrogen and oxygen atoms in total. The molecule has 0 saturated carbocycles. The van der Waals surface area contributed by atoms with E-state index in [-0.39, 0.29) is 6.42 Å². The molecule has 0 unspecified atom stereocenters. The summed E-state index contributed by atoms with van der Waals surface area (Å²) in [7, 11) is 0. The van der Waals surface area contributed by atoms with Gasteiger partial charge in [-0.1, -0.05) is 29.8 Å². The van der Waals surface area contributed by atoms with Crippen molar-refractivity contribution >= 4 is 23.7 Å². The van der Waals surface area contributed by atoms with Crippen LogP contribution in [0.4, 0.5) is 0 Å². The first-order chi connectivity index (χ1) is 11.2. The molecule has 0 saturated heterocycles. The van der Waals surface area contributed by atoms with E-state index < -0.39 is 5.91 Å². The molecule has 6 heteroatoms. The molecular formula is C17H14ClN3O2. The van der Waals surface area contributed by atoms with Gasteiger partial charge >= 0.3 is 0 Å². The number of hydrogen-bond donors (Lipinski definition) is 1. The molecule has 0 radical (unpaired) electrons. The Morgan fingerprint density at radius 3 is 2.70 bits per heavy atom. The van der Waals surface area contributed by atoms with Gasteiger partial charge in [-0.25, -0.2) is 5.43 Å². The summed E-state index contributed by atoms with van der Waals surface area (Å²) in [6, 6.07) is 16.5. The topological polar surface area (TPSA) is 74.5 Å². The summed E-state index contributed by atoms with van der Waals surface area (Å²) in [6.45, 7) is 0.386. The third kappa shape index (κ3) is 5.46. The van der Waals surface area contributed by atoms with Gasteiger partial charge in [-0.2, -0.15) is 10.4 Å². The van der Waals surface area contributed by atoms with Gasteiger partial charge < -0.3 is 4.74 Å². The van der Waals surface area contributed by atoms with Crippen LogP contribution >= 0.6 is 11.6 Å². The lowest BCUT2D eigenvalue weighted by molar-refractivity contribution is -0.120. The summed E-state index contributed by atoms with van der Waals surface area (Å²) in [5.41, 5.74) is 3.98. The van der Waals surface area contributed by atoms with Gasteiger partial charge in [0.15, 0.2) is 0 Å². The number of benzene rings is 2. The van der Waals surface area contributed by atoms with Crippen LogP contribution in [0.1, 0.15) is 17.5 Å². The van der Waals surface area contributed by atoms with Gasteiger partial charge in [0, 0.05) is 10.6 Å². The minimum absolute atomic E-state index is 0.216. The monoisotopic (exact) mass is 327 g/mol. The van der Waals surface area contributed by atoms with Crippen LogP contribution in [0.15, 0.2) is 53.6 Å². The third-order valence-corrected chi connectivity index (χ3v) is 3.24. The van der Waals surface area contributed by atoms with E-state index in [0.29, 0.717) is 17.4 Å². The predicted octanol–water partition coefficient (Wildman–Crippen LogP) is 3.28. The van der Waals surface area contributed by atoms with Gasteiger partial charge in [0.05, 0.1) is 12.3 Å². The molecule has 0 heterocycles. The van der Waals surface area contributed by atoms with Gasteiger partial charge in [-0.05, 0) is 35.9 Å². The molecule has 2 aromatic rings. The number of hydrazone groups is 1. The first-order valence-corrected chi connectivity index (χ1v) is 7.22. The van der Waals surface area contributed by atoms with Crippen molar-refractivity contribution in [2.24, 2.45) is 5.10 Å². The molecule has 0 fully saturated rings. The number of halogens is 1. The summed E-state index contributed by atoms with van der Waals surface area (Å²) < 4.78 is 5.67. The van der Waals surface area contributed by atoms with Gasteiger partial charge in [-0.15, -0.1) is 0 Å². The maximum Gasteiger partial charge on any atom is 0.254 e. The number of rotatable bonds is 6. The van der Waals surface area contributed by atoms with Crippen molar-refractivity contribution in [2.75, 3.05) is 0 Å². The van der Waals surface area contributed by atoms with Crippen LogP contribution in [0.3, 0.4) is 0 Å². The Morgan fingerprint density at radius 1 is 1.26 bits per heavy atom. The fourth-order valence-corrected chi connectivity index (χ4v) is 1.91. The number of ether oxygens (including phenoxy) is 1. The van der Waals surface area contributed by atoms with Crippen molar-refractivity contribution in [3.63, 3.8) is 0 Å². The molecule has 0 bridgehead atoms. The third-order valence-electron chi connectivity index (χ3n) is 2.87. The highest BCUT2D eigenvalue weighted by atomic mass is 35.5. The standard InChI is InChI=1S/C17H14ClN3O2/c18-16-4-2-1-3-14(16)12-23-15-7-5-13(6-8-15)11-20-21-17(22)9-10-19/h1-8,11H,9,12H2,(H,21,22)/b20-11+. The molecule has 0 atom stereocenters. The average Bonchev–Trinajstić information content (AvgIpc) is 2.56. The summed E-state index contributed by atoms with van der Waals surface area (Å²) in [6.07, 6.45) is 1.28. The Kier molecular flexibility index (Phi) is 6.16. The Morgan fingerprint density at radius 2 is 2.00 bits per heavy atom. The maximum absolute atomic E-state index is 11.1. The van der Waals surface area contributed by atoms with Crippen LogP contribution in [0, 0.1) is 11.3 Å². The van der Waals surface area contributed by atoms with Crippen LogP contribution in [0.25, 0.3) is 0 Å². The highest BCUT2D eigenvalue weighted by Crippen LogP contribution is 2.18. The van der Waals surface area contributed by atoms with Crippen molar-refractivity contribution in [3.05, 3.63) is 64.7 Å². The van der Waals surface area contributed by atoms with Gasteiger partial charge in [0.1, 0.15) is 18.8 Å².